The highest BCUT2D eigenvalue weighted by Gasteiger charge is 2.19. The topological polar surface area (TPSA) is 118 Å². The van der Waals surface area contributed by atoms with Crippen LogP contribution in [0.25, 0.3) is 0 Å². The van der Waals surface area contributed by atoms with Crippen molar-refractivity contribution in [2.24, 2.45) is 5.73 Å². The largest absolute Gasteiger partial charge is 0.495 e. The number of benzene rings is 2. The van der Waals surface area contributed by atoms with Crippen LogP contribution in [0.15, 0.2) is 36.4 Å². The van der Waals surface area contributed by atoms with E-state index in [9.17, 15) is 9.18 Å². The van der Waals surface area contributed by atoms with Crippen molar-refractivity contribution in [3.63, 3.8) is 0 Å². The van der Waals surface area contributed by atoms with Crippen molar-refractivity contribution < 1.29 is 13.9 Å². The van der Waals surface area contributed by atoms with E-state index in [1.807, 2.05) is 12.1 Å². The van der Waals surface area contributed by atoms with Crippen molar-refractivity contribution >= 4 is 29.0 Å². The summed E-state index contributed by atoms with van der Waals surface area (Å²) in [6.07, 6.45) is 0.913. The average molecular weight is 423 g/mol. The second-order valence-corrected chi connectivity index (χ2v) is 7.27. The first-order chi connectivity index (χ1) is 14.9. The molecule has 0 saturated carbocycles. The van der Waals surface area contributed by atoms with Gasteiger partial charge in [-0.1, -0.05) is 6.07 Å². The van der Waals surface area contributed by atoms with Gasteiger partial charge in [-0.15, -0.1) is 10.2 Å². The van der Waals surface area contributed by atoms with Crippen LogP contribution < -0.4 is 21.1 Å². The van der Waals surface area contributed by atoms with E-state index in [2.05, 4.69) is 37.8 Å². The summed E-state index contributed by atoms with van der Waals surface area (Å²) < 4.78 is 19.1. The number of nitrogens with two attached hydrogens (primary N) is 1. The lowest BCUT2D eigenvalue weighted by molar-refractivity contribution is 0.0995. The molecule has 10 heteroatoms. The predicted molar refractivity (Wildman–Crippen MR) is 114 cm³/mol. The first-order valence-corrected chi connectivity index (χ1v) is 9.65. The van der Waals surface area contributed by atoms with Crippen molar-refractivity contribution in [1.82, 2.24) is 20.1 Å². The van der Waals surface area contributed by atoms with Gasteiger partial charge < -0.3 is 26.0 Å². The van der Waals surface area contributed by atoms with Gasteiger partial charge in [0.25, 0.3) is 5.91 Å². The highest BCUT2D eigenvalue weighted by molar-refractivity contribution is 5.96. The van der Waals surface area contributed by atoms with Gasteiger partial charge in [-0.2, -0.15) is 4.98 Å². The van der Waals surface area contributed by atoms with Crippen molar-refractivity contribution in [2.45, 2.75) is 13.0 Å². The molecule has 2 heterocycles. The monoisotopic (exact) mass is 423 g/mol. The molecule has 0 spiro atoms. The Kier molecular flexibility index (Phi) is 5.63. The van der Waals surface area contributed by atoms with E-state index < -0.39 is 11.7 Å². The number of likely N-dealkylation sites (N-methyl/N-ethyl adjacent to an activating group) is 1. The summed E-state index contributed by atoms with van der Waals surface area (Å²) in [6.45, 7) is 1.81. The van der Waals surface area contributed by atoms with E-state index in [4.69, 9.17) is 10.5 Å². The maximum Gasteiger partial charge on any atom is 0.273 e. The van der Waals surface area contributed by atoms with Gasteiger partial charge in [-0.3, -0.25) is 4.79 Å². The zero-order valence-electron chi connectivity index (χ0n) is 17.1. The molecule has 31 heavy (non-hydrogen) atoms. The van der Waals surface area contributed by atoms with E-state index in [-0.39, 0.29) is 17.5 Å². The van der Waals surface area contributed by atoms with Crippen LogP contribution in [0, 0.1) is 5.82 Å². The minimum atomic E-state index is -0.805. The maximum absolute atomic E-state index is 13.5. The van der Waals surface area contributed by atoms with E-state index >= 15 is 0 Å². The minimum absolute atomic E-state index is 0.0640. The number of methoxy groups -OCH3 is 1. The second-order valence-electron chi connectivity index (χ2n) is 7.27. The number of hydrogen-bond donors (Lipinski definition) is 3. The van der Waals surface area contributed by atoms with Crippen molar-refractivity contribution in [2.75, 3.05) is 31.3 Å². The summed E-state index contributed by atoms with van der Waals surface area (Å²) in [6, 6.07) is 9.74. The number of carbonyl (C=O) groups is 1. The number of carbonyl (C=O) groups excluding carboxylic acids is 1. The number of nitrogens with one attached hydrogen (secondary N) is 2. The molecule has 4 rings (SSSR count). The first kappa shape index (κ1) is 20.5. The number of amides is 1. The highest BCUT2D eigenvalue weighted by Crippen LogP contribution is 2.33. The standard InChI is InChI=1S/C21H22FN7O2/c1-29-7-6-12-8-16(17(31-2)9-13(12)11-29)25-21-26-20(18(19(23)30)27-28-21)24-15-5-3-4-14(22)10-15/h3-5,8-10H,6-7,11H2,1-2H3,(H2,23,30)(H2,24,25,26,28). The highest BCUT2D eigenvalue weighted by atomic mass is 19.1. The summed E-state index contributed by atoms with van der Waals surface area (Å²) in [7, 11) is 3.67. The number of ether oxygens (including phenoxy) is 1. The summed E-state index contributed by atoms with van der Waals surface area (Å²) in [4.78, 5) is 18.3. The lowest BCUT2D eigenvalue weighted by Gasteiger charge is -2.26. The molecule has 3 aromatic rings. The second kappa shape index (κ2) is 8.52. The number of fused-ring (bicyclic) bond motifs is 1. The Morgan fingerprint density at radius 2 is 2.03 bits per heavy atom. The molecule has 4 N–H and O–H groups in total. The smallest absolute Gasteiger partial charge is 0.273 e. The van der Waals surface area contributed by atoms with Crippen LogP contribution in [0.1, 0.15) is 21.6 Å². The van der Waals surface area contributed by atoms with Crippen LogP contribution in [0.5, 0.6) is 5.75 Å². The zero-order valence-corrected chi connectivity index (χ0v) is 17.1. The normalized spacial score (nSPS) is 13.4. The molecule has 0 atom stereocenters. The maximum atomic E-state index is 13.5. The molecule has 0 unspecified atom stereocenters. The van der Waals surface area contributed by atoms with Gasteiger partial charge in [-0.05, 0) is 54.9 Å². The molecule has 1 aliphatic rings. The summed E-state index contributed by atoms with van der Waals surface area (Å²) in [5.41, 5.74) is 8.72. The molecule has 160 valence electrons. The molecule has 1 aliphatic heterocycles. The Morgan fingerprint density at radius 3 is 2.77 bits per heavy atom. The number of anilines is 4. The van der Waals surface area contributed by atoms with E-state index in [1.54, 1.807) is 13.2 Å². The van der Waals surface area contributed by atoms with Gasteiger partial charge in [0.2, 0.25) is 5.95 Å². The summed E-state index contributed by atoms with van der Waals surface area (Å²) >= 11 is 0. The van der Waals surface area contributed by atoms with Gasteiger partial charge in [-0.25, -0.2) is 4.39 Å². The Labute approximate surface area is 178 Å². The van der Waals surface area contributed by atoms with Crippen LogP contribution in [-0.2, 0) is 13.0 Å². The van der Waals surface area contributed by atoms with E-state index in [0.29, 0.717) is 17.1 Å². The van der Waals surface area contributed by atoms with Crippen LogP contribution in [0.2, 0.25) is 0 Å². The van der Waals surface area contributed by atoms with Gasteiger partial charge >= 0.3 is 0 Å². The van der Waals surface area contributed by atoms with Crippen molar-refractivity contribution in [3.8, 4) is 5.75 Å². The number of nitrogens with zero attached hydrogens (tertiary/aromatic N) is 4. The SMILES string of the molecule is COc1cc2c(cc1Nc1nnc(C(N)=O)c(Nc3cccc(F)c3)n1)CCN(C)C2. The average Bonchev–Trinajstić information content (AvgIpc) is 2.73. The Balaban J connectivity index is 1.67. The molecule has 2 aromatic carbocycles. The van der Waals surface area contributed by atoms with E-state index in [1.165, 1.54) is 29.3 Å². The van der Waals surface area contributed by atoms with Gasteiger partial charge in [0.05, 0.1) is 12.8 Å². The number of rotatable bonds is 6. The van der Waals surface area contributed by atoms with Gasteiger partial charge in [0, 0.05) is 18.8 Å². The van der Waals surface area contributed by atoms with Crippen molar-refractivity contribution in [1.29, 1.82) is 0 Å². The molecule has 1 amide bonds. The van der Waals surface area contributed by atoms with Crippen LogP contribution in [0.4, 0.5) is 27.5 Å². The van der Waals surface area contributed by atoms with Crippen LogP contribution in [0.3, 0.4) is 0 Å². The van der Waals surface area contributed by atoms with Gasteiger partial charge in [0.15, 0.2) is 11.5 Å². The molecule has 1 aromatic heterocycles. The number of primary amides is 1. The third-order valence-corrected chi connectivity index (χ3v) is 4.98. The Bertz CT molecular complexity index is 1140. The quantitative estimate of drug-likeness (QED) is 0.554. The first-order valence-electron chi connectivity index (χ1n) is 9.65. The molecular weight excluding hydrogens is 401 g/mol. The minimum Gasteiger partial charge on any atom is -0.495 e. The zero-order chi connectivity index (χ0) is 22.0. The molecular formula is C21H22FN7O2. The molecule has 0 radical (unpaired) electrons. The number of hydrogen-bond acceptors (Lipinski definition) is 8. The summed E-state index contributed by atoms with van der Waals surface area (Å²) in [5.74, 6) is -0.406. The third kappa shape index (κ3) is 4.53. The van der Waals surface area contributed by atoms with Crippen molar-refractivity contribution in [3.05, 3.63) is 59.0 Å². The molecule has 0 bridgehead atoms. The summed E-state index contributed by atoms with van der Waals surface area (Å²) in [5, 5.41) is 13.8. The van der Waals surface area contributed by atoms with Crippen LogP contribution >= 0.6 is 0 Å². The van der Waals surface area contributed by atoms with Gasteiger partial charge in [0.1, 0.15) is 11.6 Å². The molecule has 0 aliphatic carbocycles. The lowest BCUT2D eigenvalue weighted by atomic mass is 9.99. The Morgan fingerprint density at radius 1 is 1.19 bits per heavy atom. The number of halogens is 1. The Hall–Kier alpha value is -3.79. The predicted octanol–water partition coefficient (Wildman–Crippen LogP) is 2.59. The van der Waals surface area contributed by atoms with Crippen LogP contribution in [-0.4, -0.2) is 46.7 Å². The lowest BCUT2D eigenvalue weighted by Crippen LogP contribution is -2.26. The molecule has 0 saturated heterocycles. The fraction of sp³-hybridized carbons (Fsp3) is 0.238. The third-order valence-electron chi connectivity index (χ3n) is 4.98. The fourth-order valence-corrected chi connectivity index (χ4v) is 3.45. The number of aromatic nitrogens is 3. The molecule has 9 nitrogen and oxygen atoms in total. The molecule has 0 fully saturated rings. The fourth-order valence-electron chi connectivity index (χ4n) is 3.45. The van der Waals surface area contributed by atoms with E-state index in [0.717, 1.165) is 19.5 Å².